The van der Waals surface area contributed by atoms with E-state index < -0.39 is 0 Å². The molecule has 0 amide bonds. The van der Waals surface area contributed by atoms with Crippen molar-refractivity contribution in [3.8, 4) is 11.4 Å². The fourth-order valence-electron chi connectivity index (χ4n) is 4.22. The van der Waals surface area contributed by atoms with Gasteiger partial charge in [0.1, 0.15) is 5.82 Å². The molecule has 0 unspecified atom stereocenters. The van der Waals surface area contributed by atoms with Gasteiger partial charge in [0.2, 0.25) is 11.7 Å². The molecule has 0 bridgehead atoms. The molecular formula is C22H34N6O. The predicted octanol–water partition coefficient (Wildman–Crippen LogP) is 3.14. The first-order chi connectivity index (χ1) is 14.1. The summed E-state index contributed by atoms with van der Waals surface area (Å²) in [5, 5.41) is 4.18. The summed E-state index contributed by atoms with van der Waals surface area (Å²) < 4.78 is 5.52. The van der Waals surface area contributed by atoms with Gasteiger partial charge in [-0.3, -0.25) is 4.90 Å². The quantitative estimate of drug-likeness (QED) is 0.741. The number of rotatable bonds is 6. The van der Waals surface area contributed by atoms with Crippen molar-refractivity contribution in [2.24, 2.45) is 11.8 Å². The van der Waals surface area contributed by atoms with Crippen LogP contribution < -0.4 is 4.90 Å². The van der Waals surface area contributed by atoms with Gasteiger partial charge in [-0.15, -0.1) is 0 Å². The van der Waals surface area contributed by atoms with Crippen LogP contribution in [0.25, 0.3) is 11.4 Å². The van der Waals surface area contributed by atoms with Crippen LogP contribution in [0.4, 0.5) is 5.82 Å². The number of hydrogen-bond acceptors (Lipinski definition) is 7. The van der Waals surface area contributed by atoms with Gasteiger partial charge >= 0.3 is 0 Å². The molecule has 0 N–H and O–H groups in total. The molecule has 0 spiro atoms. The highest BCUT2D eigenvalue weighted by Gasteiger charge is 2.20. The van der Waals surface area contributed by atoms with E-state index in [2.05, 4.69) is 62.7 Å². The topological polar surface area (TPSA) is 61.5 Å². The van der Waals surface area contributed by atoms with E-state index in [1.54, 1.807) is 0 Å². The minimum atomic E-state index is 0.629. The minimum Gasteiger partial charge on any atom is -0.357 e. The molecule has 0 aromatic carbocycles. The second-order valence-corrected chi connectivity index (χ2v) is 9.06. The summed E-state index contributed by atoms with van der Waals surface area (Å²) in [6.45, 7) is 15.3. The summed E-state index contributed by atoms with van der Waals surface area (Å²) in [6.07, 6.45) is 4.35. The maximum atomic E-state index is 5.52. The lowest BCUT2D eigenvalue weighted by atomic mass is 9.99. The smallest absolute Gasteiger partial charge is 0.241 e. The highest BCUT2D eigenvalue weighted by Crippen LogP contribution is 2.23. The van der Waals surface area contributed by atoms with E-state index in [1.165, 1.54) is 19.4 Å². The lowest BCUT2D eigenvalue weighted by Crippen LogP contribution is -2.46. The largest absolute Gasteiger partial charge is 0.357 e. The van der Waals surface area contributed by atoms with Crippen LogP contribution in [0.2, 0.25) is 0 Å². The molecular weight excluding hydrogens is 364 g/mol. The van der Waals surface area contributed by atoms with Gasteiger partial charge in [0.05, 0.1) is 6.54 Å². The lowest BCUT2D eigenvalue weighted by Gasteiger charge is -2.34. The zero-order valence-electron chi connectivity index (χ0n) is 18.0. The second kappa shape index (κ2) is 9.22. The Morgan fingerprint density at radius 3 is 2.41 bits per heavy atom. The van der Waals surface area contributed by atoms with Crippen LogP contribution in [-0.2, 0) is 6.54 Å². The number of piperidine rings is 1. The van der Waals surface area contributed by atoms with Crippen molar-refractivity contribution in [2.45, 2.75) is 40.2 Å². The number of piperazine rings is 1. The number of anilines is 1. The molecule has 158 valence electrons. The van der Waals surface area contributed by atoms with Crippen molar-refractivity contribution in [3.05, 3.63) is 24.2 Å². The third-order valence-corrected chi connectivity index (χ3v) is 6.03. The van der Waals surface area contributed by atoms with Crippen LogP contribution in [0, 0.1) is 11.8 Å². The molecule has 2 aromatic rings. The van der Waals surface area contributed by atoms with Gasteiger partial charge in [-0.05, 0) is 36.8 Å². The second-order valence-electron chi connectivity index (χ2n) is 9.06. The Morgan fingerprint density at radius 1 is 1.03 bits per heavy atom. The van der Waals surface area contributed by atoms with Crippen LogP contribution in [0.5, 0.6) is 0 Å². The van der Waals surface area contributed by atoms with Crippen LogP contribution in [-0.4, -0.2) is 70.7 Å². The zero-order chi connectivity index (χ0) is 20.2. The highest BCUT2D eigenvalue weighted by atomic mass is 16.5. The van der Waals surface area contributed by atoms with Crippen molar-refractivity contribution >= 4 is 5.82 Å². The summed E-state index contributed by atoms with van der Waals surface area (Å²) in [7, 11) is 0. The van der Waals surface area contributed by atoms with Gasteiger partial charge in [0.25, 0.3) is 0 Å². The van der Waals surface area contributed by atoms with E-state index in [4.69, 9.17) is 4.52 Å². The third-order valence-electron chi connectivity index (χ3n) is 6.03. The predicted molar refractivity (Wildman–Crippen MR) is 115 cm³/mol. The molecule has 2 aliphatic heterocycles. The molecule has 2 saturated heterocycles. The van der Waals surface area contributed by atoms with E-state index in [0.29, 0.717) is 11.7 Å². The van der Waals surface area contributed by atoms with Gasteiger partial charge in [0, 0.05) is 57.6 Å². The normalized spacial score (nSPS) is 19.9. The number of pyridine rings is 1. The zero-order valence-corrected chi connectivity index (χ0v) is 18.0. The van der Waals surface area contributed by atoms with Crippen LogP contribution in [0.1, 0.15) is 39.5 Å². The average Bonchev–Trinajstić information content (AvgIpc) is 3.18. The Bertz CT molecular complexity index is 758. The third kappa shape index (κ3) is 5.34. The molecule has 2 aliphatic rings. The maximum absolute atomic E-state index is 5.52. The van der Waals surface area contributed by atoms with Crippen molar-refractivity contribution < 1.29 is 4.52 Å². The minimum absolute atomic E-state index is 0.629. The fourth-order valence-corrected chi connectivity index (χ4v) is 4.22. The van der Waals surface area contributed by atoms with Crippen molar-refractivity contribution in [2.75, 3.05) is 50.7 Å². The van der Waals surface area contributed by atoms with Gasteiger partial charge < -0.3 is 14.3 Å². The van der Waals surface area contributed by atoms with Crippen molar-refractivity contribution in [3.63, 3.8) is 0 Å². The molecule has 7 nitrogen and oxygen atoms in total. The summed E-state index contributed by atoms with van der Waals surface area (Å²) in [5.74, 6) is 3.90. The van der Waals surface area contributed by atoms with Crippen LogP contribution >= 0.6 is 0 Å². The number of hydrogen-bond donors (Lipinski definition) is 0. The molecule has 4 rings (SSSR count). The Kier molecular flexibility index (Phi) is 6.45. The fraction of sp³-hybridized carbons (Fsp3) is 0.682. The average molecular weight is 399 g/mol. The van der Waals surface area contributed by atoms with E-state index >= 15 is 0 Å². The summed E-state index contributed by atoms with van der Waals surface area (Å²) in [6, 6.07) is 4.13. The van der Waals surface area contributed by atoms with Crippen molar-refractivity contribution in [1.29, 1.82) is 0 Å². The van der Waals surface area contributed by atoms with E-state index in [9.17, 15) is 0 Å². The molecule has 0 radical (unpaired) electrons. The first-order valence-electron chi connectivity index (χ1n) is 11.1. The van der Waals surface area contributed by atoms with Gasteiger partial charge in [0.15, 0.2) is 0 Å². The molecule has 7 heteroatoms. The maximum Gasteiger partial charge on any atom is 0.241 e. The van der Waals surface area contributed by atoms with E-state index in [1.807, 2.05) is 6.20 Å². The van der Waals surface area contributed by atoms with E-state index in [-0.39, 0.29) is 0 Å². The molecule has 29 heavy (non-hydrogen) atoms. The number of nitrogens with zero attached hydrogens (tertiary/aromatic N) is 6. The molecule has 4 heterocycles. The molecule has 0 atom stereocenters. The Labute approximate surface area is 174 Å². The monoisotopic (exact) mass is 398 g/mol. The van der Waals surface area contributed by atoms with Gasteiger partial charge in [-0.2, -0.15) is 4.98 Å². The summed E-state index contributed by atoms with van der Waals surface area (Å²) in [4.78, 5) is 16.6. The van der Waals surface area contributed by atoms with Crippen molar-refractivity contribution in [1.82, 2.24) is 24.9 Å². The first-order valence-corrected chi connectivity index (χ1v) is 11.1. The first kappa shape index (κ1) is 20.3. The highest BCUT2D eigenvalue weighted by molar-refractivity contribution is 5.55. The van der Waals surface area contributed by atoms with E-state index in [0.717, 1.165) is 69.0 Å². The SMILES string of the molecule is CC(C)CN1CCN(Cc2nc(-c3ccc(N4CCC(C)CC4)nc3)no2)CC1. The lowest BCUT2D eigenvalue weighted by molar-refractivity contribution is 0.108. The number of aromatic nitrogens is 3. The van der Waals surface area contributed by atoms with Gasteiger partial charge in [-0.1, -0.05) is 25.9 Å². The Morgan fingerprint density at radius 2 is 1.76 bits per heavy atom. The molecule has 2 fully saturated rings. The summed E-state index contributed by atoms with van der Waals surface area (Å²) in [5.41, 5.74) is 0.913. The Balaban J connectivity index is 1.31. The Hall–Kier alpha value is -1.99. The summed E-state index contributed by atoms with van der Waals surface area (Å²) >= 11 is 0. The van der Waals surface area contributed by atoms with Crippen LogP contribution in [0.3, 0.4) is 0 Å². The standard InChI is InChI=1S/C22H34N6O/c1-17(2)15-26-10-12-27(13-11-26)16-21-24-22(25-29-21)19-4-5-20(23-14-19)28-8-6-18(3)7-9-28/h4-5,14,17-18H,6-13,15-16H2,1-3H3. The molecule has 0 saturated carbocycles. The van der Waals surface area contributed by atoms with Gasteiger partial charge in [-0.25, -0.2) is 4.98 Å². The van der Waals surface area contributed by atoms with Crippen LogP contribution in [0.15, 0.2) is 22.9 Å². The molecule has 2 aromatic heterocycles. The molecule has 0 aliphatic carbocycles.